The maximum atomic E-state index is 5.27. The van der Waals surface area contributed by atoms with Gasteiger partial charge >= 0.3 is 0 Å². The molecule has 0 unspecified atom stereocenters. The Morgan fingerprint density at radius 3 is 3.07 bits per heavy atom. The van der Waals surface area contributed by atoms with Crippen LogP contribution in [0.2, 0.25) is 0 Å². The molecule has 3 heterocycles. The summed E-state index contributed by atoms with van der Waals surface area (Å²) in [6.07, 6.45) is 6.85. The highest BCUT2D eigenvalue weighted by Gasteiger charge is 2.09. The first-order chi connectivity index (χ1) is 7.34. The van der Waals surface area contributed by atoms with Crippen LogP contribution in [0.1, 0.15) is 0 Å². The lowest BCUT2D eigenvalue weighted by molar-refractivity contribution is 0.572. The van der Waals surface area contributed by atoms with Gasteiger partial charge in [0.1, 0.15) is 13.5 Å². The Morgan fingerprint density at radius 2 is 2.27 bits per heavy atom. The lowest BCUT2D eigenvalue weighted by atomic mass is 9.97. The summed E-state index contributed by atoms with van der Waals surface area (Å²) < 4.78 is 5.27. The van der Waals surface area contributed by atoms with Crippen molar-refractivity contribution in [2.24, 2.45) is 0 Å². The second-order valence-electron chi connectivity index (χ2n) is 3.48. The molecule has 0 fully saturated rings. The van der Waals surface area contributed by atoms with Crippen LogP contribution >= 0.6 is 0 Å². The van der Waals surface area contributed by atoms with Crippen LogP contribution in [0.25, 0.3) is 22.4 Å². The van der Waals surface area contributed by atoms with Crippen molar-refractivity contribution in [3.63, 3.8) is 0 Å². The van der Waals surface area contributed by atoms with Crippen molar-refractivity contribution in [1.82, 2.24) is 15.0 Å². The van der Waals surface area contributed by atoms with Gasteiger partial charge in [0, 0.05) is 23.3 Å². The van der Waals surface area contributed by atoms with E-state index >= 15 is 0 Å². The van der Waals surface area contributed by atoms with Gasteiger partial charge in [-0.05, 0) is 0 Å². The normalized spacial score (nSPS) is 10.9. The molecule has 0 spiro atoms. The SMILES string of the molecule is Bc1cnc2[nH]cc(-c3cnco3)c2c1. The fourth-order valence-electron chi connectivity index (χ4n) is 1.66. The van der Waals surface area contributed by atoms with Gasteiger partial charge in [0.2, 0.25) is 0 Å². The molecule has 3 rings (SSSR count). The van der Waals surface area contributed by atoms with E-state index in [4.69, 9.17) is 4.42 Å². The van der Waals surface area contributed by atoms with Gasteiger partial charge in [-0.1, -0.05) is 11.5 Å². The van der Waals surface area contributed by atoms with E-state index in [1.807, 2.05) is 20.2 Å². The number of fused-ring (bicyclic) bond motifs is 1. The number of H-pyrrole nitrogens is 1. The summed E-state index contributed by atoms with van der Waals surface area (Å²) in [4.78, 5) is 11.3. The van der Waals surface area contributed by atoms with Gasteiger partial charge in [-0.2, -0.15) is 0 Å². The van der Waals surface area contributed by atoms with Crippen LogP contribution < -0.4 is 5.46 Å². The van der Waals surface area contributed by atoms with Gasteiger partial charge < -0.3 is 9.40 Å². The van der Waals surface area contributed by atoms with Crippen LogP contribution in [-0.4, -0.2) is 22.8 Å². The zero-order valence-corrected chi connectivity index (χ0v) is 8.19. The number of aromatic nitrogens is 3. The quantitative estimate of drug-likeness (QED) is 0.577. The minimum atomic E-state index is 0.758. The molecule has 0 atom stereocenters. The molecule has 0 aliphatic heterocycles. The average Bonchev–Trinajstić information content (AvgIpc) is 2.83. The molecule has 0 bridgehead atoms. The minimum absolute atomic E-state index is 0.758. The summed E-state index contributed by atoms with van der Waals surface area (Å²) in [5.41, 5.74) is 2.99. The molecule has 0 aromatic carbocycles. The Balaban J connectivity index is 2.32. The van der Waals surface area contributed by atoms with E-state index < -0.39 is 0 Å². The van der Waals surface area contributed by atoms with Crippen molar-refractivity contribution in [3.8, 4) is 11.3 Å². The van der Waals surface area contributed by atoms with Crippen molar-refractivity contribution in [1.29, 1.82) is 0 Å². The van der Waals surface area contributed by atoms with Crippen molar-refractivity contribution in [2.75, 3.05) is 0 Å². The Kier molecular flexibility index (Phi) is 1.65. The maximum Gasteiger partial charge on any atom is 0.181 e. The Hall–Kier alpha value is -2.04. The molecule has 15 heavy (non-hydrogen) atoms. The number of aromatic amines is 1. The molecule has 72 valence electrons. The van der Waals surface area contributed by atoms with Gasteiger partial charge in [-0.3, -0.25) is 0 Å². The molecular weight excluding hydrogens is 189 g/mol. The molecule has 1 N–H and O–H groups in total. The highest BCUT2D eigenvalue weighted by molar-refractivity contribution is 6.33. The number of nitrogens with zero attached hydrogens (tertiary/aromatic N) is 2. The second kappa shape index (κ2) is 2.98. The van der Waals surface area contributed by atoms with E-state index in [0.29, 0.717) is 0 Å². The first kappa shape index (κ1) is 8.29. The smallest absolute Gasteiger partial charge is 0.181 e. The molecule has 4 nitrogen and oxygen atoms in total. The Labute approximate surface area is 86.8 Å². The van der Waals surface area contributed by atoms with Gasteiger partial charge in [-0.25, -0.2) is 9.97 Å². The standard InChI is InChI=1S/C10H8BN3O/c11-6-1-7-8(9-4-12-5-15-9)3-14-10(7)13-2-6/h1-5H,11H2,(H,13,14). The van der Waals surface area contributed by atoms with Gasteiger partial charge in [0.25, 0.3) is 0 Å². The molecule has 5 heteroatoms. The summed E-state index contributed by atoms with van der Waals surface area (Å²) in [6, 6.07) is 2.08. The van der Waals surface area contributed by atoms with Crippen LogP contribution in [0.5, 0.6) is 0 Å². The third-order valence-corrected chi connectivity index (χ3v) is 2.37. The number of hydrogen-bond donors (Lipinski definition) is 1. The van der Waals surface area contributed by atoms with Crippen molar-refractivity contribution >= 4 is 24.3 Å². The van der Waals surface area contributed by atoms with Crippen LogP contribution in [0.15, 0.2) is 35.5 Å². The number of pyridine rings is 1. The number of oxazole rings is 1. The molecule has 0 radical (unpaired) electrons. The van der Waals surface area contributed by atoms with Gasteiger partial charge in [0.15, 0.2) is 12.2 Å². The summed E-state index contributed by atoms with van der Waals surface area (Å²) in [6.45, 7) is 0. The van der Waals surface area contributed by atoms with Gasteiger partial charge in [0.05, 0.1) is 6.20 Å². The molecule has 0 saturated heterocycles. The third-order valence-electron chi connectivity index (χ3n) is 2.37. The van der Waals surface area contributed by atoms with Crippen LogP contribution in [0.3, 0.4) is 0 Å². The predicted octanol–water partition coefficient (Wildman–Crippen LogP) is 0.476. The highest BCUT2D eigenvalue weighted by atomic mass is 16.3. The Bertz CT molecular complexity index is 600. The first-order valence-electron chi connectivity index (χ1n) is 4.67. The maximum absolute atomic E-state index is 5.27. The van der Waals surface area contributed by atoms with E-state index in [0.717, 1.165) is 27.8 Å². The van der Waals surface area contributed by atoms with E-state index in [-0.39, 0.29) is 0 Å². The predicted molar refractivity (Wildman–Crippen MR) is 59.8 cm³/mol. The summed E-state index contributed by atoms with van der Waals surface area (Å²) in [5, 5.41) is 1.06. The number of hydrogen-bond acceptors (Lipinski definition) is 3. The molecule has 3 aromatic heterocycles. The highest BCUT2D eigenvalue weighted by Crippen LogP contribution is 2.26. The lowest BCUT2D eigenvalue weighted by Crippen LogP contribution is -2.01. The molecule has 0 amide bonds. The first-order valence-corrected chi connectivity index (χ1v) is 4.67. The zero-order valence-electron chi connectivity index (χ0n) is 8.19. The molecule has 0 saturated carbocycles. The van der Waals surface area contributed by atoms with E-state index in [9.17, 15) is 0 Å². The molecule has 0 aliphatic rings. The lowest BCUT2D eigenvalue weighted by Gasteiger charge is -1.94. The number of nitrogens with one attached hydrogen (secondary N) is 1. The van der Waals surface area contributed by atoms with E-state index in [1.165, 1.54) is 6.39 Å². The molecule has 0 aliphatic carbocycles. The second-order valence-corrected chi connectivity index (χ2v) is 3.48. The van der Waals surface area contributed by atoms with Gasteiger partial charge in [-0.15, -0.1) is 0 Å². The van der Waals surface area contributed by atoms with E-state index in [2.05, 4.69) is 21.0 Å². The zero-order chi connectivity index (χ0) is 10.3. The largest absolute Gasteiger partial charge is 0.443 e. The minimum Gasteiger partial charge on any atom is -0.443 e. The number of rotatable bonds is 1. The van der Waals surface area contributed by atoms with Crippen LogP contribution in [0.4, 0.5) is 0 Å². The monoisotopic (exact) mass is 197 g/mol. The van der Waals surface area contributed by atoms with Crippen LogP contribution in [-0.2, 0) is 0 Å². The summed E-state index contributed by atoms with van der Waals surface area (Å²) in [5.74, 6) is 0.758. The summed E-state index contributed by atoms with van der Waals surface area (Å²) in [7, 11) is 2.02. The third kappa shape index (κ3) is 1.24. The van der Waals surface area contributed by atoms with Crippen molar-refractivity contribution < 1.29 is 4.42 Å². The van der Waals surface area contributed by atoms with Crippen molar-refractivity contribution in [3.05, 3.63) is 31.1 Å². The fourth-order valence-corrected chi connectivity index (χ4v) is 1.66. The van der Waals surface area contributed by atoms with Crippen molar-refractivity contribution in [2.45, 2.75) is 0 Å². The molecular formula is C10H8BN3O. The summed E-state index contributed by atoms with van der Waals surface area (Å²) >= 11 is 0. The topological polar surface area (TPSA) is 54.7 Å². The fraction of sp³-hybridized carbons (Fsp3) is 0. The average molecular weight is 197 g/mol. The van der Waals surface area contributed by atoms with Crippen LogP contribution in [0, 0.1) is 0 Å². The molecule has 3 aromatic rings. The van der Waals surface area contributed by atoms with E-state index in [1.54, 1.807) is 6.20 Å². The Morgan fingerprint density at radius 1 is 1.33 bits per heavy atom.